The number of hydrogen-bond donors (Lipinski definition) is 1. The zero-order valence-electron chi connectivity index (χ0n) is 15.0. The number of ether oxygens (including phenoxy) is 1. The number of methoxy groups -OCH3 is 1. The molecular weight excluding hydrogens is 362 g/mol. The maximum absolute atomic E-state index is 13.1. The van der Waals surface area contributed by atoms with E-state index in [-0.39, 0.29) is 29.9 Å². The molecule has 0 radical (unpaired) electrons. The maximum atomic E-state index is 13.1. The van der Waals surface area contributed by atoms with Gasteiger partial charge in [0.1, 0.15) is 5.75 Å². The zero-order valence-corrected chi connectivity index (χ0v) is 15.8. The van der Waals surface area contributed by atoms with Crippen molar-refractivity contribution in [2.24, 2.45) is 0 Å². The molecule has 27 heavy (non-hydrogen) atoms. The molecule has 0 aromatic heterocycles. The maximum Gasteiger partial charge on any atom is 0.225 e. The van der Waals surface area contributed by atoms with Gasteiger partial charge in [0.25, 0.3) is 0 Å². The topological polar surface area (TPSA) is 55.4 Å². The first-order valence-corrected chi connectivity index (χ1v) is 9.39. The molecule has 0 saturated heterocycles. The van der Waals surface area contributed by atoms with Gasteiger partial charge in [-0.2, -0.15) is 0 Å². The van der Waals surface area contributed by atoms with Crippen LogP contribution < -0.4 is 10.1 Å². The molecule has 0 fully saturated rings. The van der Waals surface area contributed by atoms with Gasteiger partial charge in [-0.25, -0.2) is 0 Å². The highest BCUT2D eigenvalue weighted by atomic mass is 35.5. The fourth-order valence-electron chi connectivity index (χ4n) is 4.11. The van der Waals surface area contributed by atoms with Gasteiger partial charge in [0.15, 0.2) is 5.78 Å². The van der Waals surface area contributed by atoms with E-state index in [1.165, 1.54) is 0 Å². The Hall–Kier alpha value is -2.59. The third-order valence-corrected chi connectivity index (χ3v) is 5.74. The number of carbonyl (C=O) groups is 2. The number of hydrogen-bond acceptors (Lipinski definition) is 3. The molecular formula is C22H20ClNO3. The molecule has 1 amide bonds. The summed E-state index contributed by atoms with van der Waals surface area (Å²) in [6, 6.07) is 15.2. The first kappa shape index (κ1) is 17.8. The zero-order chi connectivity index (χ0) is 19.0. The summed E-state index contributed by atoms with van der Waals surface area (Å²) < 4.78 is 5.21. The standard InChI is InChI=1S/C22H20ClNO3/c1-27-15-8-6-13(7-9-15)17-12-21(26)24-19-10-14(11-20(25)22(17)19)16-4-2-3-5-18(16)23/h2-9,14,17H,10-12H2,1H3,(H,24,26)/t14-,17-/m0/s1. The molecule has 4 rings (SSSR count). The predicted molar refractivity (Wildman–Crippen MR) is 104 cm³/mol. The van der Waals surface area contributed by atoms with Gasteiger partial charge in [-0.3, -0.25) is 9.59 Å². The second kappa shape index (κ2) is 7.20. The van der Waals surface area contributed by atoms with E-state index in [9.17, 15) is 9.59 Å². The van der Waals surface area contributed by atoms with Crippen LogP contribution in [-0.2, 0) is 9.59 Å². The minimum atomic E-state index is -0.209. The second-order valence-electron chi connectivity index (χ2n) is 7.02. The molecule has 0 bridgehead atoms. The molecule has 0 unspecified atom stereocenters. The van der Waals surface area contributed by atoms with E-state index in [2.05, 4.69) is 5.32 Å². The predicted octanol–water partition coefficient (Wildman–Crippen LogP) is 4.35. The lowest BCUT2D eigenvalue weighted by atomic mass is 9.73. The van der Waals surface area contributed by atoms with Gasteiger partial charge in [0.05, 0.1) is 7.11 Å². The molecule has 4 nitrogen and oxygen atoms in total. The molecule has 5 heteroatoms. The van der Waals surface area contributed by atoms with Crippen molar-refractivity contribution in [3.05, 3.63) is 76.0 Å². The van der Waals surface area contributed by atoms with Crippen LogP contribution in [0.5, 0.6) is 5.75 Å². The summed E-state index contributed by atoms with van der Waals surface area (Å²) in [4.78, 5) is 25.4. The van der Waals surface area contributed by atoms with Crippen molar-refractivity contribution in [3.63, 3.8) is 0 Å². The van der Waals surface area contributed by atoms with E-state index >= 15 is 0 Å². The number of nitrogens with one attached hydrogen (secondary N) is 1. The summed E-state index contributed by atoms with van der Waals surface area (Å²) in [6.45, 7) is 0. The lowest BCUT2D eigenvalue weighted by Crippen LogP contribution is -2.38. The molecule has 2 aromatic carbocycles. The Kier molecular flexibility index (Phi) is 4.75. The van der Waals surface area contributed by atoms with Crippen LogP contribution >= 0.6 is 11.6 Å². The normalized spacial score (nSPS) is 22.3. The Balaban J connectivity index is 1.70. The van der Waals surface area contributed by atoms with Gasteiger partial charge in [0.2, 0.25) is 5.91 Å². The Morgan fingerprint density at radius 1 is 1.00 bits per heavy atom. The van der Waals surface area contributed by atoms with Crippen LogP contribution in [0.25, 0.3) is 0 Å². The Labute approximate surface area is 163 Å². The van der Waals surface area contributed by atoms with E-state index in [1.54, 1.807) is 7.11 Å². The number of Topliss-reactive ketones (excluding diaryl/α,β-unsaturated/α-hetero) is 1. The van der Waals surface area contributed by atoms with E-state index in [0.29, 0.717) is 17.9 Å². The van der Waals surface area contributed by atoms with Crippen molar-refractivity contribution in [1.82, 2.24) is 5.32 Å². The van der Waals surface area contributed by atoms with Crippen LogP contribution in [0.3, 0.4) is 0 Å². The summed E-state index contributed by atoms with van der Waals surface area (Å²) in [5.41, 5.74) is 3.40. The number of rotatable bonds is 3. The highest BCUT2D eigenvalue weighted by molar-refractivity contribution is 6.31. The third kappa shape index (κ3) is 3.37. The third-order valence-electron chi connectivity index (χ3n) is 5.40. The molecule has 2 aromatic rings. The van der Waals surface area contributed by atoms with Gasteiger partial charge in [-0.05, 0) is 41.7 Å². The first-order valence-electron chi connectivity index (χ1n) is 9.01. The van der Waals surface area contributed by atoms with Gasteiger partial charge < -0.3 is 10.1 Å². The molecule has 1 N–H and O–H groups in total. The van der Waals surface area contributed by atoms with Crippen molar-refractivity contribution in [2.75, 3.05) is 7.11 Å². The van der Waals surface area contributed by atoms with Crippen LogP contribution in [0, 0.1) is 0 Å². The van der Waals surface area contributed by atoms with Gasteiger partial charge in [-0.1, -0.05) is 41.9 Å². The Bertz CT molecular complexity index is 933. The van der Waals surface area contributed by atoms with Gasteiger partial charge in [0, 0.05) is 35.1 Å². The fraction of sp³-hybridized carbons (Fsp3) is 0.273. The van der Waals surface area contributed by atoms with Crippen molar-refractivity contribution >= 4 is 23.3 Å². The summed E-state index contributed by atoms with van der Waals surface area (Å²) in [6.07, 6.45) is 1.31. The van der Waals surface area contributed by atoms with E-state index < -0.39 is 0 Å². The number of carbonyl (C=O) groups excluding carboxylic acids is 2. The van der Waals surface area contributed by atoms with Gasteiger partial charge >= 0.3 is 0 Å². The average Bonchev–Trinajstić information content (AvgIpc) is 2.67. The van der Waals surface area contributed by atoms with Crippen LogP contribution in [-0.4, -0.2) is 18.8 Å². The van der Waals surface area contributed by atoms with Crippen molar-refractivity contribution in [1.29, 1.82) is 0 Å². The number of allylic oxidation sites excluding steroid dienone is 2. The molecule has 1 heterocycles. The molecule has 2 atom stereocenters. The van der Waals surface area contributed by atoms with Crippen LogP contribution in [0.2, 0.25) is 5.02 Å². The second-order valence-corrected chi connectivity index (χ2v) is 7.43. The highest BCUT2D eigenvalue weighted by Gasteiger charge is 2.38. The summed E-state index contributed by atoms with van der Waals surface area (Å²) in [5, 5.41) is 3.60. The lowest BCUT2D eigenvalue weighted by molar-refractivity contribution is -0.122. The van der Waals surface area contributed by atoms with Crippen LogP contribution in [0.15, 0.2) is 59.8 Å². The molecule has 0 saturated carbocycles. The number of halogens is 1. The minimum absolute atomic E-state index is 0.0140. The fourth-order valence-corrected chi connectivity index (χ4v) is 4.40. The molecule has 1 aliphatic heterocycles. The van der Waals surface area contributed by atoms with Gasteiger partial charge in [-0.15, -0.1) is 0 Å². The van der Waals surface area contributed by atoms with Crippen LogP contribution in [0.1, 0.15) is 42.2 Å². The Morgan fingerprint density at radius 2 is 1.74 bits per heavy atom. The first-order chi connectivity index (χ1) is 13.1. The molecule has 1 aliphatic carbocycles. The van der Waals surface area contributed by atoms with Crippen molar-refractivity contribution in [2.45, 2.75) is 31.1 Å². The van der Waals surface area contributed by atoms with E-state index in [1.807, 2.05) is 48.5 Å². The van der Waals surface area contributed by atoms with Crippen molar-refractivity contribution < 1.29 is 14.3 Å². The van der Waals surface area contributed by atoms with E-state index in [4.69, 9.17) is 16.3 Å². The van der Waals surface area contributed by atoms with Crippen LogP contribution in [0.4, 0.5) is 0 Å². The molecule has 2 aliphatic rings. The lowest BCUT2D eigenvalue weighted by Gasteiger charge is -2.34. The quantitative estimate of drug-likeness (QED) is 0.859. The number of amides is 1. The summed E-state index contributed by atoms with van der Waals surface area (Å²) in [7, 11) is 1.61. The number of benzene rings is 2. The summed E-state index contributed by atoms with van der Waals surface area (Å²) >= 11 is 6.34. The Morgan fingerprint density at radius 3 is 2.44 bits per heavy atom. The summed E-state index contributed by atoms with van der Waals surface area (Å²) in [5.74, 6) is 0.561. The average molecular weight is 382 g/mol. The van der Waals surface area contributed by atoms with E-state index in [0.717, 1.165) is 28.1 Å². The smallest absolute Gasteiger partial charge is 0.225 e. The molecule has 138 valence electrons. The minimum Gasteiger partial charge on any atom is -0.497 e. The monoisotopic (exact) mass is 381 g/mol. The number of ketones is 1. The SMILES string of the molecule is COc1ccc([C@@H]2CC(=O)NC3=C2C(=O)C[C@@H](c2ccccc2Cl)C3)cc1. The van der Waals surface area contributed by atoms with Crippen molar-refractivity contribution in [3.8, 4) is 5.75 Å². The molecule has 0 spiro atoms. The highest BCUT2D eigenvalue weighted by Crippen LogP contribution is 2.43. The largest absolute Gasteiger partial charge is 0.497 e.